The van der Waals surface area contributed by atoms with Crippen LogP contribution in [0.3, 0.4) is 0 Å². The van der Waals surface area contributed by atoms with Crippen LogP contribution in [0.15, 0.2) is 42.5 Å². The first-order valence-corrected chi connectivity index (χ1v) is 9.22. The third kappa shape index (κ3) is 4.55. The molecular formula is C20H21ClN6O2. The Bertz CT molecular complexity index is 1080. The van der Waals surface area contributed by atoms with Crippen LogP contribution in [0.4, 0.5) is 5.69 Å². The van der Waals surface area contributed by atoms with Gasteiger partial charge in [0.2, 0.25) is 0 Å². The van der Waals surface area contributed by atoms with E-state index in [9.17, 15) is 9.59 Å². The van der Waals surface area contributed by atoms with Crippen molar-refractivity contribution in [2.24, 2.45) is 0 Å². The average Bonchev–Trinajstić information content (AvgIpc) is 3.04. The lowest BCUT2D eigenvalue weighted by molar-refractivity contribution is 0.0844. The Kier molecular flexibility index (Phi) is 5.84. The van der Waals surface area contributed by atoms with Gasteiger partial charge in [-0.2, -0.15) is 5.10 Å². The summed E-state index contributed by atoms with van der Waals surface area (Å²) in [5, 5.41) is 4.52. The van der Waals surface area contributed by atoms with Crippen LogP contribution in [0.5, 0.6) is 0 Å². The minimum Gasteiger partial charge on any atom is -0.378 e. The average molecular weight is 413 g/mol. The van der Waals surface area contributed by atoms with Crippen LogP contribution >= 0.6 is 11.6 Å². The van der Waals surface area contributed by atoms with Crippen LogP contribution in [-0.2, 0) is 0 Å². The summed E-state index contributed by atoms with van der Waals surface area (Å²) in [6.07, 6.45) is 0. The molecule has 9 heteroatoms. The zero-order valence-corrected chi connectivity index (χ0v) is 17.3. The molecule has 0 aliphatic rings. The molecule has 0 aliphatic heterocycles. The molecule has 29 heavy (non-hydrogen) atoms. The molecule has 0 fully saturated rings. The van der Waals surface area contributed by atoms with Gasteiger partial charge in [0, 0.05) is 31.0 Å². The maximum Gasteiger partial charge on any atom is 0.289 e. The Hall–Kier alpha value is -3.39. The van der Waals surface area contributed by atoms with Gasteiger partial charge in [-0.05, 0) is 50.2 Å². The van der Waals surface area contributed by atoms with Crippen molar-refractivity contribution in [2.75, 3.05) is 19.0 Å². The number of halogens is 1. The molecule has 150 valence electrons. The predicted molar refractivity (Wildman–Crippen MR) is 112 cm³/mol. The monoisotopic (exact) mass is 412 g/mol. The van der Waals surface area contributed by atoms with Gasteiger partial charge in [-0.3, -0.25) is 20.4 Å². The van der Waals surface area contributed by atoms with E-state index in [2.05, 4.69) is 20.9 Å². The number of benzene rings is 1. The normalized spacial score (nSPS) is 10.5. The number of hydrazine groups is 1. The molecule has 2 aromatic heterocycles. The van der Waals surface area contributed by atoms with Crippen molar-refractivity contribution in [1.82, 2.24) is 25.6 Å². The summed E-state index contributed by atoms with van der Waals surface area (Å²) in [7, 11) is 3.75. The zero-order chi connectivity index (χ0) is 21.1. The molecule has 0 radical (unpaired) electrons. The Morgan fingerprint density at radius 3 is 2.41 bits per heavy atom. The summed E-state index contributed by atoms with van der Waals surface area (Å²) in [6, 6.07) is 12.2. The van der Waals surface area contributed by atoms with E-state index in [0.717, 1.165) is 17.1 Å². The number of pyridine rings is 1. The Morgan fingerprint density at radius 1 is 1.03 bits per heavy atom. The second-order valence-electron chi connectivity index (χ2n) is 6.69. The lowest BCUT2D eigenvalue weighted by Crippen LogP contribution is -2.42. The number of hydrogen-bond donors (Lipinski definition) is 2. The number of hydrogen-bond acceptors (Lipinski definition) is 5. The molecule has 0 atom stereocenters. The van der Waals surface area contributed by atoms with Gasteiger partial charge < -0.3 is 4.90 Å². The van der Waals surface area contributed by atoms with Crippen LogP contribution < -0.4 is 15.8 Å². The number of aromatic nitrogens is 3. The quantitative estimate of drug-likeness (QED) is 0.643. The molecule has 0 saturated carbocycles. The van der Waals surface area contributed by atoms with Gasteiger partial charge >= 0.3 is 0 Å². The third-order valence-corrected chi connectivity index (χ3v) is 4.49. The third-order valence-electron chi connectivity index (χ3n) is 4.19. The summed E-state index contributed by atoms with van der Waals surface area (Å²) in [6.45, 7) is 3.76. The van der Waals surface area contributed by atoms with Gasteiger partial charge in [0.25, 0.3) is 11.8 Å². The number of amides is 2. The van der Waals surface area contributed by atoms with Gasteiger partial charge in [0.15, 0.2) is 11.5 Å². The van der Waals surface area contributed by atoms with Crippen molar-refractivity contribution in [2.45, 2.75) is 13.8 Å². The highest BCUT2D eigenvalue weighted by molar-refractivity contribution is 6.33. The minimum atomic E-state index is -0.629. The van der Waals surface area contributed by atoms with Gasteiger partial charge in [-0.25, -0.2) is 9.67 Å². The largest absolute Gasteiger partial charge is 0.378 e. The maximum atomic E-state index is 12.5. The van der Waals surface area contributed by atoms with E-state index in [1.165, 1.54) is 0 Å². The van der Waals surface area contributed by atoms with E-state index in [4.69, 9.17) is 11.6 Å². The molecule has 0 spiro atoms. The van der Waals surface area contributed by atoms with Gasteiger partial charge in [-0.15, -0.1) is 0 Å². The van der Waals surface area contributed by atoms with Crippen molar-refractivity contribution in [3.8, 4) is 5.82 Å². The highest BCUT2D eigenvalue weighted by atomic mass is 35.5. The summed E-state index contributed by atoms with van der Waals surface area (Å²) in [5.41, 5.74) is 7.71. The smallest absolute Gasteiger partial charge is 0.289 e. The van der Waals surface area contributed by atoms with Gasteiger partial charge in [0.05, 0.1) is 10.7 Å². The van der Waals surface area contributed by atoms with Crippen LogP contribution in [0.1, 0.15) is 32.2 Å². The van der Waals surface area contributed by atoms with Crippen molar-refractivity contribution in [3.05, 3.63) is 70.1 Å². The summed E-state index contributed by atoms with van der Waals surface area (Å²) in [4.78, 5) is 31.1. The van der Waals surface area contributed by atoms with E-state index < -0.39 is 11.8 Å². The Morgan fingerprint density at radius 2 is 1.76 bits per heavy atom. The van der Waals surface area contributed by atoms with Crippen molar-refractivity contribution in [3.63, 3.8) is 0 Å². The fourth-order valence-corrected chi connectivity index (χ4v) is 2.93. The lowest BCUT2D eigenvalue weighted by Gasteiger charge is -2.14. The van der Waals surface area contributed by atoms with Crippen LogP contribution in [0.2, 0.25) is 5.02 Å². The number of anilines is 1. The number of rotatable bonds is 4. The summed E-state index contributed by atoms with van der Waals surface area (Å²) < 4.78 is 1.62. The van der Waals surface area contributed by atoms with Crippen LogP contribution in [0.25, 0.3) is 5.82 Å². The van der Waals surface area contributed by atoms with Crippen molar-refractivity contribution >= 4 is 29.1 Å². The molecule has 0 unspecified atom stereocenters. The topological polar surface area (TPSA) is 92.2 Å². The first-order valence-electron chi connectivity index (χ1n) is 8.84. The van der Waals surface area contributed by atoms with Crippen LogP contribution in [0, 0.1) is 13.8 Å². The van der Waals surface area contributed by atoms with E-state index in [1.54, 1.807) is 35.0 Å². The molecule has 3 rings (SSSR count). The van der Waals surface area contributed by atoms with E-state index >= 15 is 0 Å². The standard InChI is InChI=1S/C20H21ClN6O2/c1-12-10-13(2)27(25-12)17-9-8-16(21)18(22-17)20(29)24-23-19(28)14-6-5-7-15(11-14)26(3)4/h5-11H,1-4H3,(H,23,28)(H,24,29). The number of nitrogens with one attached hydrogen (secondary N) is 2. The van der Waals surface area contributed by atoms with Crippen LogP contribution in [-0.4, -0.2) is 40.7 Å². The molecule has 3 aromatic rings. The molecule has 2 amide bonds. The summed E-state index contributed by atoms with van der Waals surface area (Å²) in [5.74, 6) is -0.626. The van der Waals surface area contributed by atoms with E-state index in [1.807, 2.05) is 45.0 Å². The molecule has 0 aliphatic carbocycles. The second-order valence-corrected chi connectivity index (χ2v) is 7.10. The van der Waals surface area contributed by atoms with E-state index in [-0.39, 0.29) is 10.7 Å². The molecule has 2 heterocycles. The summed E-state index contributed by atoms with van der Waals surface area (Å²) >= 11 is 6.14. The fraction of sp³-hybridized carbons (Fsp3) is 0.200. The second kappa shape index (κ2) is 8.32. The molecule has 2 N–H and O–H groups in total. The Balaban J connectivity index is 1.75. The van der Waals surface area contributed by atoms with E-state index in [0.29, 0.717) is 11.4 Å². The van der Waals surface area contributed by atoms with Gasteiger partial charge in [-0.1, -0.05) is 17.7 Å². The molecule has 0 saturated heterocycles. The number of carbonyl (C=O) groups is 2. The van der Waals surface area contributed by atoms with Gasteiger partial charge in [0.1, 0.15) is 0 Å². The first kappa shape index (κ1) is 20.3. The first-order chi connectivity index (χ1) is 13.8. The van der Waals surface area contributed by atoms with Crippen molar-refractivity contribution < 1.29 is 9.59 Å². The molecular weight excluding hydrogens is 392 g/mol. The molecule has 1 aromatic carbocycles. The molecule has 8 nitrogen and oxygen atoms in total. The zero-order valence-electron chi connectivity index (χ0n) is 16.5. The minimum absolute atomic E-state index is 0.0148. The lowest BCUT2D eigenvalue weighted by atomic mass is 10.2. The predicted octanol–water partition coefficient (Wildman–Crippen LogP) is 2.68. The SMILES string of the molecule is Cc1cc(C)n(-c2ccc(Cl)c(C(=O)NNC(=O)c3cccc(N(C)C)c3)n2)n1. The fourth-order valence-electron chi connectivity index (χ4n) is 2.74. The molecule has 0 bridgehead atoms. The highest BCUT2D eigenvalue weighted by Gasteiger charge is 2.16. The Labute approximate surface area is 173 Å². The number of nitrogens with zero attached hydrogens (tertiary/aromatic N) is 4. The highest BCUT2D eigenvalue weighted by Crippen LogP contribution is 2.18. The maximum absolute atomic E-state index is 12.5. The number of carbonyl (C=O) groups excluding carboxylic acids is 2. The number of aryl methyl sites for hydroxylation is 2. The van der Waals surface area contributed by atoms with Crippen molar-refractivity contribution in [1.29, 1.82) is 0 Å².